The third-order valence-corrected chi connectivity index (χ3v) is 3.38. The summed E-state index contributed by atoms with van der Waals surface area (Å²) in [5, 5.41) is 5.56. The van der Waals surface area contributed by atoms with E-state index in [1.54, 1.807) is 6.33 Å². The third-order valence-electron chi connectivity index (χ3n) is 3.38. The minimum Gasteiger partial charge on any atom is -0.354 e. The molecular weight excluding hydrogens is 280 g/mol. The van der Waals surface area contributed by atoms with E-state index >= 15 is 0 Å². The Balaban J connectivity index is 1.71. The van der Waals surface area contributed by atoms with Crippen LogP contribution in [0.1, 0.15) is 20.3 Å². The van der Waals surface area contributed by atoms with Crippen LogP contribution < -0.4 is 10.6 Å². The minimum absolute atomic E-state index is 0.000802. The van der Waals surface area contributed by atoms with Gasteiger partial charge in [-0.05, 0) is 12.1 Å². The number of carbonyl (C=O) groups is 2. The highest BCUT2D eigenvalue weighted by Gasteiger charge is 2.07. The molecule has 2 rings (SSSR count). The summed E-state index contributed by atoms with van der Waals surface area (Å²) in [5.41, 5.74) is 1.96. The van der Waals surface area contributed by atoms with Gasteiger partial charge in [-0.3, -0.25) is 9.59 Å². The van der Waals surface area contributed by atoms with E-state index in [0.29, 0.717) is 26.1 Å². The summed E-state index contributed by atoms with van der Waals surface area (Å²) in [5.74, 6) is -0.0686. The fourth-order valence-corrected chi connectivity index (χ4v) is 2.09. The molecule has 118 valence electrons. The normalized spacial score (nSPS) is 10.9. The van der Waals surface area contributed by atoms with Crippen LogP contribution in [0.2, 0.25) is 0 Å². The molecule has 0 fully saturated rings. The molecule has 0 aliphatic rings. The van der Waals surface area contributed by atoms with Crippen molar-refractivity contribution in [2.75, 3.05) is 13.1 Å². The molecule has 0 radical (unpaired) electrons. The van der Waals surface area contributed by atoms with Crippen molar-refractivity contribution in [3.8, 4) is 0 Å². The second-order valence-electron chi connectivity index (χ2n) is 5.47. The zero-order valence-electron chi connectivity index (χ0n) is 13.0. The molecule has 1 heterocycles. The Bertz CT molecular complexity index is 648. The zero-order valence-corrected chi connectivity index (χ0v) is 13.0. The minimum atomic E-state index is -0.0368. The van der Waals surface area contributed by atoms with Crippen LogP contribution in [-0.2, 0) is 16.1 Å². The Morgan fingerprint density at radius 2 is 1.91 bits per heavy atom. The first kappa shape index (κ1) is 16.0. The Hall–Kier alpha value is -2.37. The van der Waals surface area contributed by atoms with E-state index in [1.165, 1.54) is 0 Å². The molecule has 6 nitrogen and oxygen atoms in total. The number of para-hydroxylation sites is 2. The molecule has 0 aliphatic heterocycles. The number of benzene rings is 1. The van der Waals surface area contributed by atoms with Gasteiger partial charge in [0.05, 0.1) is 17.4 Å². The molecule has 0 atom stereocenters. The first-order valence-electron chi connectivity index (χ1n) is 7.52. The largest absolute Gasteiger partial charge is 0.354 e. The molecule has 0 unspecified atom stereocenters. The number of imidazole rings is 1. The third kappa shape index (κ3) is 4.31. The number of nitrogens with zero attached hydrogens (tertiary/aromatic N) is 2. The molecule has 0 bridgehead atoms. The van der Waals surface area contributed by atoms with E-state index in [4.69, 9.17) is 0 Å². The Labute approximate surface area is 129 Å². The molecule has 2 N–H and O–H groups in total. The highest BCUT2D eigenvalue weighted by molar-refractivity contribution is 5.78. The highest BCUT2D eigenvalue weighted by atomic mass is 16.2. The van der Waals surface area contributed by atoms with Crippen molar-refractivity contribution in [1.82, 2.24) is 20.2 Å². The summed E-state index contributed by atoms with van der Waals surface area (Å²) in [6, 6.07) is 7.83. The lowest BCUT2D eigenvalue weighted by molar-refractivity contribution is -0.124. The molecule has 2 amide bonds. The fraction of sp³-hybridized carbons (Fsp3) is 0.438. The summed E-state index contributed by atoms with van der Waals surface area (Å²) in [7, 11) is 0. The number of hydrogen-bond acceptors (Lipinski definition) is 3. The van der Waals surface area contributed by atoms with Gasteiger partial charge < -0.3 is 15.2 Å². The van der Waals surface area contributed by atoms with Gasteiger partial charge in [0.25, 0.3) is 0 Å². The SMILES string of the molecule is CC(C)C(=O)NCCNC(=O)CCn1cnc2ccccc21. The lowest BCUT2D eigenvalue weighted by atomic mass is 10.2. The van der Waals surface area contributed by atoms with Crippen molar-refractivity contribution >= 4 is 22.8 Å². The average molecular weight is 302 g/mol. The van der Waals surface area contributed by atoms with E-state index in [1.807, 2.05) is 42.7 Å². The van der Waals surface area contributed by atoms with Crippen LogP contribution in [0.3, 0.4) is 0 Å². The van der Waals surface area contributed by atoms with Gasteiger partial charge in [0.2, 0.25) is 11.8 Å². The summed E-state index contributed by atoms with van der Waals surface area (Å²) in [6.45, 7) is 5.16. The number of nitrogens with one attached hydrogen (secondary N) is 2. The molecule has 0 spiro atoms. The van der Waals surface area contributed by atoms with Gasteiger partial charge in [-0.1, -0.05) is 26.0 Å². The van der Waals surface area contributed by atoms with E-state index in [9.17, 15) is 9.59 Å². The number of aromatic nitrogens is 2. The number of hydrogen-bond donors (Lipinski definition) is 2. The van der Waals surface area contributed by atoms with Gasteiger partial charge >= 0.3 is 0 Å². The Morgan fingerprint density at radius 3 is 2.68 bits per heavy atom. The highest BCUT2D eigenvalue weighted by Crippen LogP contribution is 2.11. The topological polar surface area (TPSA) is 76.0 Å². The van der Waals surface area contributed by atoms with Gasteiger partial charge in [0, 0.05) is 32.0 Å². The maximum absolute atomic E-state index is 11.8. The number of fused-ring (bicyclic) bond motifs is 1. The molecule has 0 saturated heterocycles. The summed E-state index contributed by atoms with van der Waals surface area (Å²) in [4.78, 5) is 27.4. The Kier molecular flexibility index (Phi) is 5.52. The monoisotopic (exact) mass is 302 g/mol. The first-order chi connectivity index (χ1) is 10.6. The predicted molar refractivity (Wildman–Crippen MR) is 85.2 cm³/mol. The molecule has 0 saturated carbocycles. The van der Waals surface area contributed by atoms with Gasteiger partial charge in [-0.15, -0.1) is 0 Å². The average Bonchev–Trinajstić information content (AvgIpc) is 2.92. The fourth-order valence-electron chi connectivity index (χ4n) is 2.09. The summed E-state index contributed by atoms with van der Waals surface area (Å²) < 4.78 is 1.97. The molecule has 0 aliphatic carbocycles. The maximum atomic E-state index is 11.8. The van der Waals surface area contributed by atoms with Crippen LogP contribution in [0.4, 0.5) is 0 Å². The van der Waals surface area contributed by atoms with Crippen molar-refractivity contribution in [3.63, 3.8) is 0 Å². The van der Waals surface area contributed by atoms with Gasteiger partial charge in [-0.25, -0.2) is 4.98 Å². The molecule has 22 heavy (non-hydrogen) atoms. The van der Waals surface area contributed by atoms with Crippen LogP contribution in [0.5, 0.6) is 0 Å². The van der Waals surface area contributed by atoms with Crippen LogP contribution in [0.15, 0.2) is 30.6 Å². The van der Waals surface area contributed by atoms with Crippen LogP contribution in [0, 0.1) is 5.92 Å². The Morgan fingerprint density at radius 1 is 1.18 bits per heavy atom. The van der Waals surface area contributed by atoms with Crippen LogP contribution in [-0.4, -0.2) is 34.5 Å². The van der Waals surface area contributed by atoms with E-state index in [-0.39, 0.29) is 17.7 Å². The van der Waals surface area contributed by atoms with E-state index < -0.39 is 0 Å². The molecule has 6 heteroatoms. The van der Waals surface area contributed by atoms with Gasteiger partial charge in [0.1, 0.15) is 0 Å². The molecule has 2 aromatic rings. The standard InChI is InChI=1S/C16H22N4O2/c1-12(2)16(22)18-9-8-17-15(21)7-10-20-11-19-13-5-3-4-6-14(13)20/h3-6,11-12H,7-10H2,1-2H3,(H,17,21)(H,18,22). The van der Waals surface area contributed by atoms with Gasteiger partial charge in [-0.2, -0.15) is 0 Å². The van der Waals surface area contributed by atoms with Crippen molar-refractivity contribution in [1.29, 1.82) is 0 Å². The first-order valence-corrected chi connectivity index (χ1v) is 7.52. The van der Waals surface area contributed by atoms with Crippen molar-refractivity contribution < 1.29 is 9.59 Å². The molecular formula is C16H22N4O2. The predicted octanol–water partition coefficient (Wildman–Crippen LogP) is 1.31. The second-order valence-corrected chi connectivity index (χ2v) is 5.47. The van der Waals surface area contributed by atoms with E-state index in [0.717, 1.165) is 11.0 Å². The second kappa shape index (κ2) is 7.59. The van der Waals surface area contributed by atoms with Crippen LogP contribution in [0.25, 0.3) is 11.0 Å². The lowest BCUT2D eigenvalue weighted by Gasteiger charge is -2.09. The molecule has 1 aromatic carbocycles. The number of aryl methyl sites for hydroxylation is 1. The molecule has 1 aromatic heterocycles. The zero-order chi connectivity index (χ0) is 15.9. The number of carbonyl (C=O) groups excluding carboxylic acids is 2. The lowest BCUT2D eigenvalue weighted by Crippen LogP contribution is -2.36. The summed E-state index contributed by atoms with van der Waals surface area (Å²) >= 11 is 0. The smallest absolute Gasteiger partial charge is 0.222 e. The quantitative estimate of drug-likeness (QED) is 0.757. The maximum Gasteiger partial charge on any atom is 0.222 e. The van der Waals surface area contributed by atoms with E-state index in [2.05, 4.69) is 15.6 Å². The van der Waals surface area contributed by atoms with Gasteiger partial charge in [0.15, 0.2) is 0 Å². The number of amides is 2. The van der Waals surface area contributed by atoms with Crippen molar-refractivity contribution in [3.05, 3.63) is 30.6 Å². The number of rotatable bonds is 7. The van der Waals surface area contributed by atoms with Crippen molar-refractivity contribution in [2.45, 2.75) is 26.8 Å². The summed E-state index contributed by atoms with van der Waals surface area (Å²) in [6.07, 6.45) is 2.14. The van der Waals surface area contributed by atoms with Crippen LogP contribution >= 0.6 is 0 Å². The van der Waals surface area contributed by atoms with Crippen molar-refractivity contribution in [2.24, 2.45) is 5.92 Å².